The predicted molar refractivity (Wildman–Crippen MR) is 124 cm³/mol. The average molecular weight is 448 g/mol. The van der Waals surface area contributed by atoms with Gasteiger partial charge in [0.15, 0.2) is 5.16 Å². The molecule has 2 aliphatic heterocycles. The maximum atomic E-state index is 13.0. The van der Waals surface area contributed by atoms with Crippen molar-refractivity contribution >= 4 is 23.4 Å². The van der Waals surface area contributed by atoms with Gasteiger partial charge in [-0.1, -0.05) is 30.0 Å². The number of rotatable bonds is 4. The highest BCUT2D eigenvalue weighted by molar-refractivity contribution is 7.99. The third kappa shape index (κ3) is 3.37. The van der Waals surface area contributed by atoms with Crippen molar-refractivity contribution in [2.75, 3.05) is 11.1 Å². The molecule has 1 atom stereocenters. The first-order chi connectivity index (χ1) is 15.7. The number of carbonyl (C=O) groups excluding carboxylic acids is 1. The molecule has 1 N–H and O–H groups in total. The zero-order valence-electron chi connectivity index (χ0n) is 17.8. The van der Waals surface area contributed by atoms with Crippen LogP contribution in [0.2, 0.25) is 0 Å². The molecule has 0 radical (unpaired) electrons. The van der Waals surface area contributed by atoms with Crippen LogP contribution in [-0.2, 0) is 30.6 Å². The minimum absolute atomic E-state index is 0.0503. The van der Waals surface area contributed by atoms with E-state index in [2.05, 4.69) is 16.1 Å². The molecule has 7 nitrogen and oxygen atoms in total. The second-order valence-electron chi connectivity index (χ2n) is 8.80. The average Bonchev–Trinajstić information content (AvgIpc) is 3.52. The lowest BCUT2D eigenvalue weighted by molar-refractivity contribution is -0.116. The second kappa shape index (κ2) is 7.92. The molecule has 4 heterocycles. The van der Waals surface area contributed by atoms with E-state index in [-0.39, 0.29) is 23.9 Å². The maximum Gasteiger partial charge on any atom is 0.257 e. The Morgan fingerprint density at radius 1 is 1.12 bits per heavy atom. The van der Waals surface area contributed by atoms with Crippen LogP contribution in [0.4, 0.5) is 5.69 Å². The van der Waals surface area contributed by atoms with Crippen molar-refractivity contribution in [1.82, 2.24) is 19.1 Å². The van der Waals surface area contributed by atoms with Crippen LogP contribution in [0.3, 0.4) is 0 Å². The molecule has 3 aliphatic rings. The van der Waals surface area contributed by atoms with Crippen LogP contribution in [0.15, 0.2) is 40.4 Å². The standard InChI is InChI=1S/C24H25N5O2S/c30-22(12-15-14-32-24-27-19-9-5-7-17(19)23(31)29(15)24)26-18-8-2-1-6-16(18)20-13-28-11-4-3-10-21(28)25-20/h1-2,6,8,13,15H,3-5,7,9-12,14H2,(H,26,30). The molecule has 1 unspecified atom stereocenters. The number of hydrogen-bond donors (Lipinski definition) is 1. The molecule has 1 amide bonds. The fourth-order valence-corrected chi connectivity index (χ4v) is 6.23. The van der Waals surface area contributed by atoms with Crippen molar-refractivity contribution in [1.29, 1.82) is 0 Å². The molecule has 1 aromatic carbocycles. The summed E-state index contributed by atoms with van der Waals surface area (Å²) in [5.41, 5.74) is 4.44. The van der Waals surface area contributed by atoms with E-state index in [0.29, 0.717) is 5.75 Å². The normalized spacial score (nSPS) is 18.8. The lowest BCUT2D eigenvalue weighted by Gasteiger charge is -2.15. The molecule has 32 heavy (non-hydrogen) atoms. The molecule has 164 valence electrons. The van der Waals surface area contributed by atoms with Gasteiger partial charge in [-0.3, -0.25) is 14.2 Å². The van der Waals surface area contributed by atoms with E-state index in [1.807, 2.05) is 24.3 Å². The molecule has 6 rings (SSSR count). The fraction of sp³-hybridized carbons (Fsp3) is 0.417. The number of aromatic nitrogens is 4. The number of aryl methyl sites for hydroxylation is 3. The Labute approximate surface area is 190 Å². The van der Waals surface area contributed by atoms with Crippen molar-refractivity contribution in [3.8, 4) is 11.3 Å². The maximum absolute atomic E-state index is 13.0. The third-order valence-electron chi connectivity index (χ3n) is 6.68. The van der Waals surface area contributed by atoms with Crippen molar-refractivity contribution in [3.05, 3.63) is 57.9 Å². The summed E-state index contributed by atoms with van der Waals surface area (Å²) in [4.78, 5) is 35.6. The number of nitrogens with zero attached hydrogens (tertiary/aromatic N) is 4. The highest BCUT2D eigenvalue weighted by Crippen LogP contribution is 2.35. The highest BCUT2D eigenvalue weighted by Gasteiger charge is 2.31. The van der Waals surface area contributed by atoms with Crippen LogP contribution in [0.25, 0.3) is 11.3 Å². The van der Waals surface area contributed by atoms with Gasteiger partial charge in [0.05, 0.1) is 23.1 Å². The van der Waals surface area contributed by atoms with E-state index >= 15 is 0 Å². The van der Waals surface area contributed by atoms with Gasteiger partial charge in [-0.25, -0.2) is 9.97 Å². The Morgan fingerprint density at radius 3 is 2.94 bits per heavy atom. The molecule has 0 saturated carbocycles. The van der Waals surface area contributed by atoms with Crippen LogP contribution in [0, 0.1) is 0 Å². The monoisotopic (exact) mass is 447 g/mol. The first kappa shape index (κ1) is 19.8. The minimum Gasteiger partial charge on any atom is -0.334 e. The zero-order chi connectivity index (χ0) is 21.7. The molecular weight excluding hydrogens is 422 g/mol. The SMILES string of the molecule is O=C(CC1CSc2nc3c(c(=O)n21)CCC3)Nc1ccccc1-c1cn2c(n1)CCCC2. The zero-order valence-corrected chi connectivity index (χ0v) is 18.7. The summed E-state index contributed by atoms with van der Waals surface area (Å²) in [5.74, 6) is 1.73. The molecule has 8 heteroatoms. The summed E-state index contributed by atoms with van der Waals surface area (Å²) in [6.07, 6.45) is 8.38. The van der Waals surface area contributed by atoms with Crippen molar-refractivity contribution in [2.24, 2.45) is 0 Å². The first-order valence-electron chi connectivity index (χ1n) is 11.4. The van der Waals surface area contributed by atoms with Crippen LogP contribution in [0.1, 0.15) is 48.8 Å². The Bertz CT molecular complexity index is 1250. The summed E-state index contributed by atoms with van der Waals surface area (Å²) in [5, 5.41) is 3.85. The van der Waals surface area contributed by atoms with Crippen LogP contribution in [0.5, 0.6) is 0 Å². The summed E-state index contributed by atoms with van der Waals surface area (Å²) >= 11 is 1.58. The van der Waals surface area contributed by atoms with Gasteiger partial charge in [0.1, 0.15) is 5.82 Å². The van der Waals surface area contributed by atoms with Gasteiger partial charge < -0.3 is 9.88 Å². The van der Waals surface area contributed by atoms with Gasteiger partial charge in [-0.05, 0) is 38.2 Å². The Morgan fingerprint density at radius 2 is 2.03 bits per heavy atom. The van der Waals surface area contributed by atoms with Crippen molar-refractivity contribution in [2.45, 2.75) is 62.7 Å². The van der Waals surface area contributed by atoms with E-state index in [0.717, 1.165) is 71.4 Å². The Balaban J connectivity index is 1.23. The largest absolute Gasteiger partial charge is 0.334 e. The Hall–Kier alpha value is -2.87. The summed E-state index contributed by atoms with van der Waals surface area (Å²) < 4.78 is 3.98. The lowest BCUT2D eigenvalue weighted by atomic mass is 10.1. The quantitative estimate of drug-likeness (QED) is 0.618. The van der Waals surface area contributed by atoms with Crippen molar-refractivity contribution < 1.29 is 4.79 Å². The molecule has 0 spiro atoms. The van der Waals surface area contributed by atoms with Crippen molar-refractivity contribution in [3.63, 3.8) is 0 Å². The molecule has 0 bridgehead atoms. The summed E-state index contributed by atoms with van der Waals surface area (Å²) in [6.45, 7) is 1.00. The topological polar surface area (TPSA) is 81.8 Å². The van der Waals surface area contributed by atoms with E-state index in [1.165, 1.54) is 12.8 Å². The number of nitrogens with one attached hydrogen (secondary N) is 1. The van der Waals surface area contributed by atoms with E-state index in [4.69, 9.17) is 9.97 Å². The fourth-order valence-electron chi connectivity index (χ4n) is 5.08. The van der Waals surface area contributed by atoms with Crippen LogP contribution < -0.4 is 10.9 Å². The van der Waals surface area contributed by atoms with Crippen LogP contribution >= 0.6 is 11.8 Å². The number of para-hydroxylation sites is 1. The van der Waals surface area contributed by atoms with Gasteiger partial charge in [-0.2, -0.15) is 0 Å². The summed E-state index contributed by atoms with van der Waals surface area (Å²) in [6, 6.07) is 7.66. The van der Waals surface area contributed by atoms with E-state index in [1.54, 1.807) is 16.3 Å². The molecule has 0 saturated heterocycles. The van der Waals surface area contributed by atoms with Crippen LogP contribution in [-0.4, -0.2) is 30.8 Å². The number of carbonyl (C=O) groups is 1. The number of anilines is 1. The number of thioether (sulfide) groups is 1. The first-order valence-corrected chi connectivity index (χ1v) is 12.4. The predicted octanol–water partition coefficient (Wildman–Crippen LogP) is 3.61. The second-order valence-corrected chi connectivity index (χ2v) is 9.79. The number of imidazole rings is 1. The third-order valence-corrected chi connectivity index (χ3v) is 7.78. The molecular formula is C24H25N5O2S. The van der Waals surface area contributed by atoms with E-state index in [9.17, 15) is 9.59 Å². The molecule has 2 aromatic heterocycles. The van der Waals surface area contributed by atoms with E-state index < -0.39 is 0 Å². The van der Waals surface area contributed by atoms with Gasteiger partial charge in [-0.15, -0.1) is 0 Å². The molecule has 0 fully saturated rings. The number of fused-ring (bicyclic) bond motifs is 3. The van der Waals surface area contributed by atoms with Gasteiger partial charge >= 0.3 is 0 Å². The van der Waals surface area contributed by atoms with Gasteiger partial charge in [0, 0.05) is 42.5 Å². The number of benzene rings is 1. The summed E-state index contributed by atoms with van der Waals surface area (Å²) in [7, 11) is 0. The molecule has 3 aromatic rings. The Kier molecular flexibility index (Phi) is 4.90. The van der Waals surface area contributed by atoms with Gasteiger partial charge in [0.2, 0.25) is 5.91 Å². The highest BCUT2D eigenvalue weighted by atomic mass is 32.2. The lowest BCUT2D eigenvalue weighted by Crippen LogP contribution is -2.30. The minimum atomic E-state index is -0.159. The van der Waals surface area contributed by atoms with Gasteiger partial charge in [0.25, 0.3) is 5.56 Å². The number of hydrogen-bond acceptors (Lipinski definition) is 5. The number of amides is 1. The smallest absolute Gasteiger partial charge is 0.257 e. The molecule has 1 aliphatic carbocycles.